The van der Waals surface area contributed by atoms with Gasteiger partial charge in [-0.2, -0.15) is 5.10 Å². The van der Waals surface area contributed by atoms with Crippen molar-refractivity contribution in [1.29, 1.82) is 0 Å². The van der Waals surface area contributed by atoms with Gasteiger partial charge in [0.05, 0.1) is 24.9 Å². The molecule has 0 unspecified atom stereocenters. The van der Waals surface area contributed by atoms with Gasteiger partial charge in [0.25, 0.3) is 5.91 Å². The van der Waals surface area contributed by atoms with Crippen molar-refractivity contribution >= 4 is 5.91 Å². The molecule has 1 aliphatic heterocycles. The number of amides is 1. The Labute approximate surface area is 160 Å². The van der Waals surface area contributed by atoms with Crippen LogP contribution in [-0.2, 0) is 9.47 Å². The first-order valence-electron chi connectivity index (χ1n) is 9.29. The molecule has 0 aliphatic carbocycles. The minimum atomic E-state index is -0.177. The van der Waals surface area contributed by atoms with Crippen LogP contribution >= 0.6 is 0 Å². The van der Waals surface area contributed by atoms with Crippen LogP contribution in [0.2, 0.25) is 0 Å². The first-order chi connectivity index (χ1) is 13.0. The molecule has 1 fully saturated rings. The van der Waals surface area contributed by atoms with E-state index in [9.17, 15) is 4.79 Å². The van der Waals surface area contributed by atoms with Crippen LogP contribution in [0.1, 0.15) is 36.3 Å². The molecule has 2 atom stereocenters. The fourth-order valence-corrected chi connectivity index (χ4v) is 2.94. The van der Waals surface area contributed by atoms with E-state index in [0.29, 0.717) is 25.5 Å². The zero-order valence-corrected chi connectivity index (χ0v) is 16.1. The summed E-state index contributed by atoms with van der Waals surface area (Å²) in [5.74, 6) is -0.177. The Bertz CT molecular complexity index is 791. The molecule has 1 amide bonds. The lowest BCUT2D eigenvalue weighted by atomic mass is 10.1. The number of H-pyrrole nitrogens is 1. The average molecular weight is 369 g/mol. The average Bonchev–Trinajstić information content (AvgIpc) is 3.14. The molecular formula is C21H27N3O3. The van der Waals surface area contributed by atoms with Crippen LogP contribution < -0.4 is 5.32 Å². The molecule has 1 aliphatic rings. The number of carbonyl (C=O) groups excluding carboxylic acids is 1. The molecule has 2 N–H and O–H groups in total. The second-order valence-corrected chi connectivity index (χ2v) is 7.13. The van der Waals surface area contributed by atoms with Crippen molar-refractivity contribution in [3.63, 3.8) is 0 Å². The quantitative estimate of drug-likeness (QED) is 0.767. The maximum Gasteiger partial charge on any atom is 0.269 e. The predicted octanol–water partition coefficient (Wildman–Crippen LogP) is 3.26. The Morgan fingerprint density at radius 2 is 2.15 bits per heavy atom. The molecule has 0 radical (unpaired) electrons. The zero-order valence-electron chi connectivity index (χ0n) is 16.1. The zero-order chi connectivity index (χ0) is 19.2. The number of aromatic amines is 1. The number of carbonyl (C=O) groups is 1. The Kier molecular flexibility index (Phi) is 6.42. The van der Waals surface area contributed by atoms with E-state index in [0.717, 1.165) is 17.7 Å². The highest BCUT2D eigenvalue weighted by molar-refractivity contribution is 5.93. The van der Waals surface area contributed by atoms with Gasteiger partial charge in [0.2, 0.25) is 0 Å². The summed E-state index contributed by atoms with van der Waals surface area (Å²) in [5.41, 5.74) is 4.56. The van der Waals surface area contributed by atoms with Gasteiger partial charge in [0.15, 0.2) is 0 Å². The molecule has 6 heteroatoms. The molecule has 1 aromatic carbocycles. The van der Waals surface area contributed by atoms with Crippen molar-refractivity contribution in [3.8, 4) is 11.3 Å². The molecule has 0 saturated carbocycles. The maximum absolute atomic E-state index is 12.6. The van der Waals surface area contributed by atoms with Crippen LogP contribution in [0, 0.1) is 6.92 Å². The van der Waals surface area contributed by atoms with E-state index < -0.39 is 0 Å². The lowest BCUT2D eigenvalue weighted by Crippen LogP contribution is -2.50. The van der Waals surface area contributed by atoms with Crippen molar-refractivity contribution in [2.45, 2.75) is 39.3 Å². The van der Waals surface area contributed by atoms with Gasteiger partial charge in [0, 0.05) is 12.2 Å². The van der Waals surface area contributed by atoms with Crippen molar-refractivity contribution in [1.82, 2.24) is 15.5 Å². The third-order valence-corrected chi connectivity index (χ3v) is 4.59. The number of ether oxygens (including phenoxy) is 2. The number of aromatic nitrogens is 2. The summed E-state index contributed by atoms with van der Waals surface area (Å²) in [5, 5.41) is 10.2. The van der Waals surface area contributed by atoms with Crippen LogP contribution in [0.15, 0.2) is 42.0 Å². The SMILES string of the molecule is CC(C)=CCO[C@@H]1COCC[C@H]1NC(=O)c1cc(-c2ccc(C)cc2)n[nH]1. The van der Waals surface area contributed by atoms with E-state index in [2.05, 4.69) is 15.5 Å². The topological polar surface area (TPSA) is 76.2 Å². The Hall–Kier alpha value is -2.44. The van der Waals surface area contributed by atoms with E-state index in [4.69, 9.17) is 9.47 Å². The highest BCUT2D eigenvalue weighted by Crippen LogP contribution is 2.19. The third kappa shape index (κ3) is 5.28. The number of hydrogen-bond donors (Lipinski definition) is 2. The molecule has 6 nitrogen and oxygen atoms in total. The molecule has 2 heterocycles. The minimum absolute atomic E-state index is 0.0806. The molecule has 3 rings (SSSR count). The summed E-state index contributed by atoms with van der Waals surface area (Å²) in [6.45, 7) is 7.72. The maximum atomic E-state index is 12.6. The molecule has 0 spiro atoms. The molecule has 1 saturated heterocycles. The van der Waals surface area contributed by atoms with Gasteiger partial charge in [-0.1, -0.05) is 41.5 Å². The van der Waals surface area contributed by atoms with Crippen LogP contribution in [-0.4, -0.2) is 48.1 Å². The summed E-state index contributed by atoms with van der Waals surface area (Å²) >= 11 is 0. The van der Waals surface area contributed by atoms with Gasteiger partial charge >= 0.3 is 0 Å². The van der Waals surface area contributed by atoms with Gasteiger partial charge in [-0.25, -0.2) is 0 Å². The van der Waals surface area contributed by atoms with Crippen molar-refractivity contribution in [2.75, 3.05) is 19.8 Å². The number of hydrogen-bond acceptors (Lipinski definition) is 4. The number of aryl methyl sites for hydroxylation is 1. The second kappa shape index (κ2) is 8.97. The summed E-state index contributed by atoms with van der Waals surface area (Å²) in [4.78, 5) is 12.6. The van der Waals surface area contributed by atoms with Crippen molar-refractivity contribution in [3.05, 3.63) is 53.2 Å². The summed E-state index contributed by atoms with van der Waals surface area (Å²) < 4.78 is 11.4. The van der Waals surface area contributed by atoms with Crippen LogP contribution in [0.3, 0.4) is 0 Å². The first-order valence-corrected chi connectivity index (χ1v) is 9.29. The molecule has 144 valence electrons. The lowest BCUT2D eigenvalue weighted by molar-refractivity contribution is -0.0589. The normalized spacial score (nSPS) is 19.5. The third-order valence-electron chi connectivity index (χ3n) is 4.59. The fourth-order valence-electron chi connectivity index (χ4n) is 2.94. The minimum Gasteiger partial charge on any atom is -0.379 e. The van der Waals surface area contributed by atoms with Gasteiger partial charge in [-0.3, -0.25) is 9.89 Å². The summed E-state index contributed by atoms with van der Waals surface area (Å²) in [6, 6.07) is 9.75. The van der Waals surface area contributed by atoms with Crippen LogP contribution in [0.25, 0.3) is 11.3 Å². The second-order valence-electron chi connectivity index (χ2n) is 7.13. The molecule has 0 bridgehead atoms. The number of allylic oxidation sites excluding steroid dienone is 1. The summed E-state index contributed by atoms with van der Waals surface area (Å²) in [6.07, 6.45) is 2.60. The first kappa shape index (κ1) is 19.3. The monoisotopic (exact) mass is 369 g/mol. The standard InChI is InChI=1S/C21H27N3O3/c1-14(2)8-11-27-20-13-26-10-9-17(20)22-21(25)19-12-18(23-24-19)16-6-4-15(3)5-7-16/h4-8,12,17,20H,9-11,13H2,1-3H3,(H,22,25)(H,23,24)/t17-,20-/m1/s1. The van der Waals surface area contributed by atoms with Gasteiger partial charge in [-0.15, -0.1) is 0 Å². The largest absolute Gasteiger partial charge is 0.379 e. The number of benzene rings is 1. The predicted molar refractivity (Wildman–Crippen MR) is 105 cm³/mol. The van der Waals surface area contributed by atoms with E-state index in [1.165, 1.54) is 11.1 Å². The van der Waals surface area contributed by atoms with Crippen LogP contribution in [0.5, 0.6) is 0 Å². The highest BCUT2D eigenvalue weighted by atomic mass is 16.5. The Morgan fingerprint density at radius 1 is 1.37 bits per heavy atom. The van der Waals surface area contributed by atoms with E-state index in [1.807, 2.05) is 51.1 Å². The van der Waals surface area contributed by atoms with E-state index in [-0.39, 0.29) is 18.1 Å². The Balaban J connectivity index is 1.63. The number of rotatable bonds is 6. The Morgan fingerprint density at radius 3 is 2.89 bits per heavy atom. The smallest absolute Gasteiger partial charge is 0.269 e. The van der Waals surface area contributed by atoms with Crippen molar-refractivity contribution in [2.24, 2.45) is 0 Å². The fraction of sp³-hybridized carbons (Fsp3) is 0.429. The van der Waals surface area contributed by atoms with Gasteiger partial charge in [-0.05, 0) is 33.3 Å². The lowest BCUT2D eigenvalue weighted by Gasteiger charge is -2.31. The molecular weight excluding hydrogens is 342 g/mol. The molecule has 2 aromatic rings. The molecule has 27 heavy (non-hydrogen) atoms. The van der Waals surface area contributed by atoms with Gasteiger partial charge < -0.3 is 14.8 Å². The number of nitrogens with one attached hydrogen (secondary N) is 2. The van der Waals surface area contributed by atoms with Gasteiger partial charge in [0.1, 0.15) is 11.8 Å². The van der Waals surface area contributed by atoms with E-state index >= 15 is 0 Å². The summed E-state index contributed by atoms with van der Waals surface area (Å²) in [7, 11) is 0. The number of nitrogens with zero attached hydrogens (tertiary/aromatic N) is 1. The van der Waals surface area contributed by atoms with Crippen molar-refractivity contribution < 1.29 is 14.3 Å². The highest BCUT2D eigenvalue weighted by Gasteiger charge is 2.28. The molecule has 1 aromatic heterocycles. The van der Waals surface area contributed by atoms with E-state index in [1.54, 1.807) is 6.07 Å². The van der Waals surface area contributed by atoms with Crippen LogP contribution in [0.4, 0.5) is 0 Å².